The molecule has 6 nitrogen and oxygen atoms in total. The Bertz CT molecular complexity index is 976. The van der Waals surface area contributed by atoms with Crippen molar-refractivity contribution in [1.82, 2.24) is 9.97 Å². The van der Waals surface area contributed by atoms with Crippen LogP contribution in [0.1, 0.15) is 12.0 Å². The van der Waals surface area contributed by atoms with E-state index in [-0.39, 0.29) is 0 Å². The van der Waals surface area contributed by atoms with Gasteiger partial charge in [0.2, 0.25) is 5.95 Å². The second-order valence-electron chi connectivity index (χ2n) is 6.61. The molecule has 0 bridgehead atoms. The number of aryl methyl sites for hydroxylation is 1. The molecule has 0 radical (unpaired) electrons. The minimum atomic E-state index is 0.572. The van der Waals surface area contributed by atoms with Gasteiger partial charge in [0.15, 0.2) is 11.5 Å². The average Bonchev–Trinajstić information content (AvgIpc) is 2.73. The number of nitrogens with zero attached hydrogens (tertiary/aromatic N) is 3. The Hall–Kier alpha value is -3.28. The Labute approximate surface area is 157 Å². The van der Waals surface area contributed by atoms with Gasteiger partial charge in [0.05, 0.1) is 0 Å². The highest BCUT2D eigenvalue weighted by Gasteiger charge is 2.20. The maximum atomic E-state index is 5.65. The molecule has 6 heteroatoms. The van der Waals surface area contributed by atoms with E-state index in [1.807, 2.05) is 24.3 Å². The minimum absolute atomic E-state index is 0.572. The Kier molecular flexibility index (Phi) is 4.01. The van der Waals surface area contributed by atoms with E-state index in [0.29, 0.717) is 19.2 Å². The molecule has 0 aliphatic carbocycles. The molecule has 3 aromatic rings. The number of aromatic nitrogens is 2. The second-order valence-corrected chi connectivity index (χ2v) is 6.61. The number of nitrogens with one attached hydrogen (secondary N) is 1. The smallest absolute Gasteiger partial charge is 0.231 e. The number of rotatable bonds is 3. The summed E-state index contributed by atoms with van der Waals surface area (Å²) in [6.07, 6.45) is 3.99. The summed E-state index contributed by atoms with van der Waals surface area (Å²) in [5.74, 6) is 3.00. The van der Waals surface area contributed by atoms with Crippen LogP contribution in [0, 0.1) is 0 Å². The molecule has 27 heavy (non-hydrogen) atoms. The van der Waals surface area contributed by atoms with Crippen LogP contribution in [-0.2, 0) is 6.42 Å². The first-order chi connectivity index (χ1) is 13.4. The fourth-order valence-electron chi connectivity index (χ4n) is 3.56. The van der Waals surface area contributed by atoms with Gasteiger partial charge in [-0.05, 0) is 42.7 Å². The lowest BCUT2D eigenvalue weighted by molar-refractivity contribution is 0.171. The van der Waals surface area contributed by atoms with Crippen molar-refractivity contribution in [2.45, 2.75) is 12.8 Å². The lowest BCUT2D eigenvalue weighted by Crippen LogP contribution is -2.26. The monoisotopic (exact) mass is 360 g/mol. The molecule has 0 amide bonds. The van der Waals surface area contributed by atoms with Crippen molar-refractivity contribution in [3.8, 4) is 11.5 Å². The first kappa shape index (κ1) is 15.9. The van der Waals surface area contributed by atoms with Crippen LogP contribution in [0.15, 0.2) is 54.7 Å². The largest absolute Gasteiger partial charge is 0.486 e. The summed E-state index contributed by atoms with van der Waals surface area (Å²) in [6, 6.07) is 16.2. The zero-order valence-electron chi connectivity index (χ0n) is 14.9. The summed E-state index contributed by atoms with van der Waals surface area (Å²) in [7, 11) is 0. The van der Waals surface area contributed by atoms with Crippen LogP contribution in [0.25, 0.3) is 0 Å². The number of anilines is 4. The number of para-hydroxylation sites is 1. The molecule has 0 fully saturated rings. The van der Waals surface area contributed by atoms with Crippen molar-refractivity contribution in [3.05, 3.63) is 60.3 Å². The van der Waals surface area contributed by atoms with Gasteiger partial charge in [-0.2, -0.15) is 4.98 Å². The van der Waals surface area contributed by atoms with Gasteiger partial charge in [0.1, 0.15) is 19.0 Å². The van der Waals surface area contributed by atoms with Crippen molar-refractivity contribution in [2.24, 2.45) is 0 Å². The van der Waals surface area contributed by atoms with E-state index in [0.717, 1.165) is 42.4 Å². The predicted octanol–water partition coefficient (Wildman–Crippen LogP) is 4.08. The van der Waals surface area contributed by atoms with E-state index in [2.05, 4.69) is 39.5 Å². The van der Waals surface area contributed by atoms with E-state index in [4.69, 9.17) is 14.5 Å². The Balaban J connectivity index is 1.42. The highest BCUT2D eigenvalue weighted by molar-refractivity contribution is 5.66. The van der Waals surface area contributed by atoms with Crippen LogP contribution in [0.3, 0.4) is 0 Å². The van der Waals surface area contributed by atoms with Crippen molar-refractivity contribution in [3.63, 3.8) is 0 Å². The van der Waals surface area contributed by atoms with Gasteiger partial charge in [-0.1, -0.05) is 18.2 Å². The second kappa shape index (κ2) is 6.79. The fraction of sp³-hybridized carbons (Fsp3) is 0.238. The molecule has 0 spiro atoms. The van der Waals surface area contributed by atoms with E-state index in [1.165, 1.54) is 11.3 Å². The molecule has 1 aromatic heterocycles. The van der Waals surface area contributed by atoms with Gasteiger partial charge in [-0.25, -0.2) is 4.98 Å². The average molecular weight is 360 g/mol. The molecule has 5 rings (SSSR count). The molecule has 2 aromatic carbocycles. The van der Waals surface area contributed by atoms with E-state index in [9.17, 15) is 0 Å². The van der Waals surface area contributed by atoms with Crippen LogP contribution >= 0.6 is 0 Å². The molecule has 0 unspecified atom stereocenters. The Morgan fingerprint density at radius 2 is 1.85 bits per heavy atom. The van der Waals surface area contributed by atoms with E-state index < -0.39 is 0 Å². The molecule has 1 N–H and O–H groups in total. The number of ether oxygens (including phenoxy) is 2. The van der Waals surface area contributed by atoms with Gasteiger partial charge < -0.3 is 19.7 Å². The normalized spacial score (nSPS) is 15.2. The van der Waals surface area contributed by atoms with E-state index >= 15 is 0 Å². The molecule has 2 aliphatic heterocycles. The maximum Gasteiger partial charge on any atom is 0.231 e. The first-order valence-corrected chi connectivity index (χ1v) is 9.22. The van der Waals surface area contributed by atoms with E-state index in [1.54, 1.807) is 6.20 Å². The lowest BCUT2D eigenvalue weighted by Gasteiger charge is -2.29. The zero-order valence-corrected chi connectivity index (χ0v) is 14.9. The number of benzene rings is 2. The topological polar surface area (TPSA) is 59.5 Å². The summed E-state index contributed by atoms with van der Waals surface area (Å²) in [4.78, 5) is 11.4. The highest BCUT2D eigenvalue weighted by Crippen LogP contribution is 2.34. The van der Waals surface area contributed by atoms with Crippen LogP contribution in [-0.4, -0.2) is 29.7 Å². The third kappa shape index (κ3) is 3.14. The Morgan fingerprint density at radius 3 is 2.81 bits per heavy atom. The van der Waals surface area contributed by atoms with Crippen LogP contribution in [0.2, 0.25) is 0 Å². The number of hydrogen-bond acceptors (Lipinski definition) is 6. The predicted molar refractivity (Wildman–Crippen MR) is 105 cm³/mol. The third-order valence-electron chi connectivity index (χ3n) is 4.81. The summed E-state index contributed by atoms with van der Waals surface area (Å²) in [5.41, 5.74) is 3.45. The zero-order chi connectivity index (χ0) is 18.1. The fourth-order valence-corrected chi connectivity index (χ4v) is 3.56. The molecule has 136 valence electrons. The first-order valence-electron chi connectivity index (χ1n) is 9.22. The van der Waals surface area contributed by atoms with Gasteiger partial charge in [0, 0.05) is 30.2 Å². The molecular formula is C21H20N4O2. The molecule has 0 saturated heterocycles. The van der Waals surface area contributed by atoms with Crippen molar-refractivity contribution < 1.29 is 9.47 Å². The maximum absolute atomic E-state index is 5.65. The van der Waals surface area contributed by atoms with Crippen LogP contribution in [0.5, 0.6) is 11.5 Å². The molecular weight excluding hydrogens is 340 g/mol. The minimum Gasteiger partial charge on any atom is -0.486 e. The van der Waals surface area contributed by atoms with Gasteiger partial charge in [-0.3, -0.25) is 0 Å². The third-order valence-corrected chi connectivity index (χ3v) is 4.81. The molecule has 0 saturated carbocycles. The Morgan fingerprint density at radius 1 is 0.963 bits per heavy atom. The van der Waals surface area contributed by atoms with Gasteiger partial charge >= 0.3 is 0 Å². The number of hydrogen-bond donors (Lipinski definition) is 1. The quantitative estimate of drug-likeness (QED) is 0.760. The van der Waals surface area contributed by atoms with Crippen LogP contribution in [0.4, 0.5) is 23.1 Å². The molecule has 3 heterocycles. The summed E-state index contributed by atoms with van der Waals surface area (Å²) >= 11 is 0. The van der Waals surface area contributed by atoms with Gasteiger partial charge in [0.25, 0.3) is 0 Å². The van der Waals surface area contributed by atoms with Crippen molar-refractivity contribution in [2.75, 3.05) is 30.0 Å². The van der Waals surface area contributed by atoms with Crippen molar-refractivity contribution >= 4 is 23.1 Å². The SMILES string of the molecule is c1ccc2c(c1)CCCN2c1nccc(Nc2ccc3c(c2)OCCO3)n1. The summed E-state index contributed by atoms with van der Waals surface area (Å²) in [6.45, 7) is 2.08. The van der Waals surface area contributed by atoms with Crippen molar-refractivity contribution in [1.29, 1.82) is 0 Å². The highest BCUT2D eigenvalue weighted by atomic mass is 16.6. The molecule has 0 atom stereocenters. The summed E-state index contributed by atoms with van der Waals surface area (Å²) < 4.78 is 11.2. The lowest BCUT2D eigenvalue weighted by atomic mass is 10.0. The number of fused-ring (bicyclic) bond motifs is 2. The van der Waals surface area contributed by atoms with Crippen LogP contribution < -0.4 is 19.7 Å². The summed E-state index contributed by atoms with van der Waals surface area (Å²) in [5, 5.41) is 3.34. The molecule has 2 aliphatic rings. The standard InChI is InChI=1S/C21H20N4O2/c1-2-6-17-15(4-1)5-3-11-25(17)21-22-10-9-20(24-21)23-16-7-8-18-19(14-16)27-13-12-26-18/h1-2,4,6-10,14H,3,5,11-13H2,(H,22,23,24). The van der Waals surface area contributed by atoms with Gasteiger partial charge in [-0.15, -0.1) is 0 Å².